The van der Waals surface area contributed by atoms with Crippen LogP contribution in [0.25, 0.3) is 33.2 Å². The first-order valence-electron chi connectivity index (χ1n) is 12.2. The van der Waals surface area contributed by atoms with Crippen LogP contribution in [-0.2, 0) is 7.05 Å². The van der Waals surface area contributed by atoms with Crippen molar-refractivity contribution in [3.8, 4) is 34.3 Å². The molecule has 5 heteroatoms. The minimum absolute atomic E-state index is 0.0307. The zero-order valence-electron chi connectivity index (χ0n) is 19.9. The van der Waals surface area contributed by atoms with Crippen LogP contribution in [0.5, 0.6) is 23.0 Å². The van der Waals surface area contributed by atoms with E-state index in [2.05, 4.69) is 79.3 Å². The van der Waals surface area contributed by atoms with E-state index < -0.39 is 0 Å². The maximum Gasteiger partial charge on any atom is 0.260 e. The summed E-state index contributed by atoms with van der Waals surface area (Å²) in [6.45, 7) is 2.18. The molecule has 8 rings (SSSR count). The molecule has 0 atom stereocenters. The van der Waals surface area contributed by atoms with Crippen LogP contribution in [0.3, 0.4) is 0 Å². The van der Waals surface area contributed by atoms with E-state index in [1.807, 2.05) is 30.3 Å². The Morgan fingerprint density at radius 3 is 2.22 bits per heavy atom. The highest BCUT2D eigenvalue weighted by Crippen LogP contribution is 2.44. The van der Waals surface area contributed by atoms with Crippen LogP contribution < -0.4 is 30.4 Å². The van der Waals surface area contributed by atoms with Gasteiger partial charge in [0.25, 0.3) is 6.71 Å². The molecular formula is C31H21BNO3+. The van der Waals surface area contributed by atoms with Crippen molar-refractivity contribution >= 4 is 45.0 Å². The van der Waals surface area contributed by atoms with Gasteiger partial charge in [0.2, 0.25) is 5.69 Å². The number of pyridine rings is 1. The molecule has 0 spiro atoms. The molecule has 170 valence electrons. The van der Waals surface area contributed by atoms with Gasteiger partial charge in [-0.3, -0.25) is 0 Å². The van der Waals surface area contributed by atoms with Crippen molar-refractivity contribution in [2.75, 3.05) is 0 Å². The molecule has 0 saturated carbocycles. The van der Waals surface area contributed by atoms with Crippen LogP contribution in [0.15, 0.2) is 95.5 Å². The molecule has 4 nitrogen and oxygen atoms in total. The summed E-state index contributed by atoms with van der Waals surface area (Å²) in [6, 6.07) is 29.3. The molecule has 36 heavy (non-hydrogen) atoms. The summed E-state index contributed by atoms with van der Waals surface area (Å²) in [6.07, 6.45) is 2.07. The molecule has 2 aliphatic heterocycles. The van der Waals surface area contributed by atoms with Gasteiger partial charge in [0.1, 0.15) is 29.9 Å². The molecule has 0 fully saturated rings. The van der Waals surface area contributed by atoms with Crippen LogP contribution >= 0.6 is 0 Å². The first-order valence-corrected chi connectivity index (χ1v) is 12.2. The molecule has 0 aliphatic carbocycles. The smallest absolute Gasteiger partial charge is 0.260 e. The van der Waals surface area contributed by atoms with Crippen LogP contribution in [0.1, 0.15) is 5.56 Å². The Labute approximate surface area is 208 Å². The molecule has 0 unspecified atom stereocenters. The molecule has 2 aromatic heterocycles. The first kappa shape index (κ1) is 19.8. The molecule has 0 saturated heterocycles. The topological polar surface area (TPSA) is 35.5 Å². The molecule has 0 bridgehead atoms. The van der Waals surface area contributed by atoms with Crippen LogP contribution in [-0.4, -0.2) is 6.71 Å². The third-order valence-corrected chi connectivity index (χ3v) is 7.58. The summed E-state index contributed by atoms with van der Waals surface area (Å²) in [7, 11) is 2.07. The van der Waals surface area contributed by atoms with Crippen LogP contribution in [0.4, 0.5) is 0 Å². The highest BCUT2D eigenvalue weighted by Gasteiger charge is 2.41. The number of ether oxygens (including phenoxy) is 2. The van der Waals surface area contributed by atoms with Gasteiger partial charge in [-0.05, 0) is 59.8 Å². The number of nitrogens with zero attached hydrogens (tertiary/aromatic N) is 1. The summed E-state index contributed by atoms with van der Waals surface area (Å²) in [5.41, 5.74) is 8.40. The van der Waals surface area contributed by atoms with Gasteiger partial charge in [-0.15, -0.1) is 0 Å². The Morgan fingerprint density at radius 2 is 1.44 bits per heavy atom. The highest BCUT2D eigenvalue weighted by atomic mass is 16.5. The van der Waals surface area contributed by atoms with Crippen LogP contribution in [0, 0.1) is 6.92 Å². The normalized spacial score (nSPS) is 13.1. The minimum Gasteiger partial charge on any atom is -0.458 e. The average Bonchev–Trinajstić information content (AvgIpc) is 3.25. The van der Waals surface area contributed by atoms with Crippen LogP contribution in [0.2, 0.25) is 0 Å². The average molecular weight is 466 g/mol. The van der Waals surface area contributed by atoms with Gasteiger partial charge in [-0.25, -0.2) is 4.57 Å². The quantitative estimate of drug-likeness (QED) is 0.249. The van der Waals surface area contributed by atoms with E-state index in [-0.39, 0.29) is 6.71 Å². The Hall–Kier alpha value is -4.51. The maximum absolute atomic E-state index is 6.59. The summed E-state index contributed by atoms with van der Waals surface area (Å²) in [4.78, 5) is 0. The second kappa shape index (κ2) is 7.02. The lowest BCUT2D eigenvalue weighted by Gasteiger charge is -2.32. The van der Waals surface area contributed by atoms with E-state index in [1.54, 1.807) is 0 Å². The summed E-state index contributed by atoms with van der Waals surface area (Å²) in [5, 5.41) is 2.06. The Balaban J connectivity index is 1.44. The van der Waals surface area contributed by atoms with E-state index in [0.29, 0.717) is 0 Å². The van der Waals surface area contributed by atoms with Crippen molar-refractivity contribution in [2.45, 2.75) is 6.92 Å². The number of furan rings is 1. The number of aryl methyl sites for hydroxylation is 2. The van der Waals surface area contributed by atoms with Gasteiger partial charge < -0.3 is 13.9 Å². The van der Waals surface area contributed by atoms with E-state index in [0.717, 1.165) is 72.6 Å². The standard InChI is InChI=1S/C31H21BNO3/c1-18-15-20-21-17-28-29-31(30(21)36-27(20)16-19(18)24-11-7-8-14-33(24)2)35-26-13-6-4-10-23(26)32(29)22-9-3-5-12-25(22)34-28/h3-17H,1-2H3/q+1. The van der Waals surface area contributed by atoms with Crippen molar-refractivity contribution < 1.29 is 18.5 Å². The molecular weight excluding hydrogens is 445 g/mol. The lowest BCUT2D eigenvalue weighted by molar-refractivity contribution is -0.660. The van der Waals surface area contributed by atoms with E-state index >= 15 is 0 Å². The fourth-order valence-electron chi connectivity index (χ4n) is 5.89. The number of aromatic nitrogens is 1. The summed E-state index contributed by atoms with van der Waals surface area (Å²) in [5.74, 6) is 3.33. The zero-order chi connectivity index (χ0) is 24.0. The van der Waals surface area contributed by atoms with Crippen molar-refractivity contribution in [1.29, 1.82) is 0 Å². The Bertz CT molecular complexity index is 1880. The molecule has 4 heterocycles. The second-order valence-electron chi connectivity index (χ2n) is 9.67. The van der Waals surface area contributed by atoms with Gasteiger partial charge in [0, 0.05) is 28.4 Å². The third-order valence-electron chi connectivity index (χ3n) is 7.58. The van der Waals surface area contributed by atoms with Gasteiger partial charge in [0.05, 0.1) is 5.56 Å². The van der Waals surface area contributed by atoms with Crippen molar-refractivity contribution in [2.24, 2.45) is 7.05 Å². The maximum atomic E-state index is 6.59. The third kappa shape index (κ3) is 2.57. The van der Waals surface area contributed by atoms with Gasteiger partial charge >= 0.3 is 0 Å². The number of hydrogen-bond donors (Lipinski definition) is 0. The highest BCUT2D eigenvalue weighted by molar-refractivity contribution is 6.98. The predicted molar refractivity (Wildman–Crippen MR) is 143 cm³/mol. The second-order valence-corrected chi connectivity index (χ2v) is 9.67. The largest absolute Gasteiger partial charge is 0.458 e. The number of rotatable bonds is 1. The summed E-state index contributed by atoms with van der Waals surface area (Å²) < 4.78 is 21.8. The number of fused-ring (bicyclic) bond motifs is 8. The Kier molecular flexibility index (Phi) is 3.85. The lowest BCUT2D eigenvalue weighted by atomic mass is 9.35. The van der Waals surface area contributed by atoms with E-state index in [1.165, 1.54) is 5.56 Å². The fourth-order valence-corrected chi connectivity index (χ4v) is 5.89. The van der Waals surface area contributed by atoms with E-state index in [4.69, 9.17) is 13.9 Å². The molecule has 0 amide bonds. The first-order chi connectivity index (χ1) is 17.7. The molecule has 6 aromatic rings. The molecule has 0 N–H and O–H groups in total. The fraction of sp³-hybridized carbons (Fsp3) is 0.0645. The van der Waals surface area contributed by atoms with Crippen molar-refractivity contribution in [3.63, 3.8) is 0 Å². The lowest BCUT2D eigenvalue weighted by Crippen LogP contribution is -2.57. The monoisotopic (exact) mass is 466 g/mol. The molecule has 4 aromatic carbocycles. The zero-order valence-corrected chi connectivity index (χ0v) is 19.9. The number of hydrogen-bond acceptors (Lipinski definition) is 3. The Morgan fingerprint density at radius 1 is 0.722 bits per heavy atom. The molecule has 2 aliphatic rings. The molecule has 0 radical (unpaired) electrons. The summed E-state index contributed by atoms with van der Waals surface area (Å²) >= 11 is 0. The number of benzene rings is 4. The van der Waals surface area contributed by atoms with Crippen molar-refractivity contribution in [3.05, 3.63) is 96.7 Å². The van der Waals surface area contributed by atoms with Gasteiger partial charge in [-0.2, -0.15) is 0 Å². The predicted octanol–water partition coefficient (Wildman–Crippen LogP) is 5.11. The van der Waals surface area contributed by atoms with Gasteiger partial charge in [0.15, 0.2) is 17.5 Å². The van der Waals surface area contributed by atoms with E-state index in [9.17, 15) is 0 Å². The number of para-hydroxylation sites is 2. The minimum atomic E-state index is 0.0307. The van der Waals surface area contributed by atoms with Crippen molar-refractivity contribution in [1.82, 2.24) is 0 Å². The SMILES string of the molecule is Cc1cc2c(cc1-c1cccc[n+]1C)oc1c3c4c(cc12)Oc1ccccc1B4c1ccccc1O3. The van der Waals surface area contributed by atoms with Gasteiger partial charge in [-0.1, -0.05) is 36.4 Å².